The highest BCUT2D eigenvalue weighted by Crippen LogP contribution is 2.39. The first kappa shape index (κ1) is 26.0. The molecule has 3 aliphatic heterocycles. The van der Waals surface area contributed by atoms with Gasteiger partial charge in [0.05, 0.1) is 13.7 Å². The fraction of sp³-hybridized carbons (Fsp3) is 0.355. The maximum atomic E-state index is 14.4. The first-order valence-electron chi connectivity index (χ1n) is 13.6. The molecule has 2 bridgehead atoms. The number of likely N-dealkylation sites (tertiary alicyclic amines) is 1. The van der Waals surface area contributed by atoms with Crippen LogP contribution in [0.25, 0.3) is 0 Å². The van der Waals surface area contributed by atoms with Crippen LogP contribution in [0.15, 0.2) is 77.6 Å². The number of nitrogens with one attached hydrogen (secondary N) is 1. The Morgan fingerprint density at radius 1 is 0.900 bits per heavy atom. The van der Waals surface area contributed by atoms with Crippen LogP contribution in [-0.4, -0.2) is 59.0 Å². The highest BCUT2D eigenvalue weighted by Gasteiger charge is 2.55. The number of ether oxygens (including phenoxy) is 1. The summed E-state index contributed by atoms with van der Waals surface area (Å²) in [7, 11) is 1.56. The van der Waals surface area contributed by atoms with Gasteiger partial charge in [-0.15, -0.1) is 0 Å². The SMILES string of the molecule is COc1ccccc1C[C@]1(CN2C[C@H]3C[C@@H](C2)c2cccc(=O)n2C3)C(=O)NC(=O)N(Cc2ccccc2)C1=O. The summed E-state index contributed by atoms with van der Waals surface area (Å²) in [5.74, 6) is -0.182. The van der Waals surface area contributed by atoms with E-state index in [1.165, 1.54) is 0 Å². The minimum absolute atomic E-state index is 0.00481. The normalized spacial score (nSPS) is 24.4. The van der Waals surface area contributed by atoms with E-state index >= 15 is 0 Å². The van der Waals surface area contributed by atoms with Gasteiger partial charge in [0.15, 0.2) is 0 Å². The van der Waals surface area contributed by atoms with E-state index in [4.69, 9.17) is 4.74 Å². The van der Waals surface area contributed by atoms with Crippen molar-refractivity contribution in [3.63, 3.8) is 0 Å². The molecule has 0 aliphatic carbocycles. The second kappa shape index (κ2) is 10.4. The van der Waals surface area contributed by atoms with Crippen LogP contribution in [0.2, 0.25) is 0 Å². The second-order valence-electron chi connectivity index (χ2n) is 11.1. The molecule has 6 rings (SSSR count). The fourth-order valence-electron chi connectivity index (χ4n) is 6.67. The zero-order chi connectivity index (χ0) is 27.9. The number of rotatable bonds is 7. The number of carbonyl (C=O) groups excluding carboxylic acids is 3. The van der Waals surface area contributed by atoms with Gasteiger partial charge in [-0.3, -0.25) is 24.6 Å². The van der Waals surface area contributed by atoms with Crippen molar-refractivity contribution in [1.82, 2.24) is 19.7 Å². The summed E-state index contributed by atoms with van der Waals surface area (Å²) in [6.45, 7) is 2.09. The Balaban J connectivity index is 1.37. The first-order chi connectivity index (χ1) is 19.4. The number of fused-ring (bicyclic) bond motifs is 4. The number of benzene rings is 2. The predicted octanol–water partition coefficient (Wildman–Crippen LogP) is 2.78. The molecular weight excluding hydrogens is 508 g/mol. The van der Waals surface area contributed by atoms with Crippen LogP contribution >= 0.6 is 0 Å². The number of pyridine rings is 1. The van der Waals surface area contributed by atoms with Crippen LogP contribution in [-0.2, 0) is 29.1 Å². The number of nitrogens with zero attached hydrogens (tertiary/aromatic N) is 3. The molecule has 2 saturated heterocycles. The molecule has 3 aromatic rings. The number of methoxy groups -OCH3 is 1. The lowest BCUT2D eigenvalue weighted by Gasteiger charge is -2.47. The molecule has 1 N–H and O–H groups in total. The third-order valence-corrected chi connectivity index (χ3v) is 8.47. The largest absolute Gasteiger partial charge is 0.496 e. The van der Waals surface area contributed by atoms with E-state index in [0.29, 0.717) is 25.4 Å². The number of para-hydroxylation sites is 1. The molecule has 4 heterocycles. The minimum atomic E-state index is -1.54. The Labute approximate surface area is 232 Å². The van der Waals surface area contributed by atoms with Crippen LogP contribution in [0.3, 0.4) is 0 Å². The Morgan fingerprint density at radius 3 is 2.48 bits per heavy atom. The lowest BCUT2D eigenvalue weighted by Crippen LogP contribution is -2.67. The zero-order valence-electron chi connectivity index (χ0n) is 22.4. The van der Waals surface area contributed by atoms with Gasteiger partial charge in [0, 0.05) is 50.3 Å². The summed E-state index contributed by atoms with van der Waals surface area (Å²) in [4.78, 5) is 57.0. The predicted molar refractivity (Wildman–Crippen MR) is 148 cm³/mol. The first-order valence-corrected chi connectivity index (χ1v) is 13.6. The number of hydrogen-bond acceptors (Lipinski definition) is 6. The molecule has 2 aromatic carbocycles. The van der Waals surface area contributed by atoms with Gasteiger partial charge >= 0.3 is 6.03 Å². The molecular formula is C31H32N4O5. The van der Waals surface area contributed by atoms with Crippen molar-refractivity contribution in [3.05, 3.63) is 100.0 Å². The molecule has 4 amide bonds. The average molecular weight is 541 g/mol. The van der Waals surface area contributed by atoms with Crippen LogP contribution in [0.5, 0.6) is 5.75 Å². The third kappa shape index (κ3) is 4.60. The van der Waals surface area contributed by atoms with E-state index in [9.17, 15) is 19.2 Å². The number of aromatic nitrogens is 1. The molecule has 0 radical (unpaired) electrons. The molecule has 3 atom stereocenters. The number of carbonyl (C=O) groups is 3. The molecule has 3 aliphatic rings. The molecule has 1 aromatic heterocycles. The number of amides is 4. The molecule has 9 nitrogen and oxygen atoms in total. The van der Waals surface area contributed by atoms with Crippen molar-refractivity contribution >= 4 is 17.8 Å². The quantitative estimate of drug-likeness (QED) is 0.463. The zero-order valence-corrected chi connectivity index (χ0v) is 22.4. The number of barbiturate groups is 1. The van der Waals surface area contributed by atoms with E-state index in [0.717, 1.165) is 28.1 Å². The lowest BCUT2D eigenvalue weighted by molar-refractivity contribution is -0.154. The van der Waals surface area contributed by atoms with Gasteiger partial charge in [0.25, 0.3) is 5.56 Å². The summed E-state index contributed by atoms with van der Waals surface area (Å²) in [5, 5.41) is 2.51. The molecule has 0 spiro atoms. The highest BCUT2D eigenvalue weighted by molar-refractivity contribution is 6.19. The Kier molecular flexibility index (Phi) is 6.75. The van der Waals surface area contributed by atoms with Crippen LogP contribution < -0.4 is 15.6 Å². The van der Waals surface area contributed by atoms with Crippen LogP contribution in [0.4, 0.5) is 4.79 Å². The maximum Gasteiger partial charge on any atom is 0.331 e. The van der Waals surface area contributed by atoms with Gasteiger partial charge in [-0.1, -0.05) is 54.6 Å². The summed E-state index contributed by atoms with van der Waals surface area (Å²) < 4.78 is 7.44. The smallest absolute Gasteiger partial charge is 0.331 e. The third-order valence-electron chi connectivity index (χ3n) is 8.47. The van der Waals surface area contributed by atoms with Crippen molar-refractivity contribution < 1.29 is 19.1 Å². The van der Waals surface area contributed by atoms with Gasteiger partial charge < -0.3 is 14.2 Å². The van der Waals surface area contributed by atoms with Crippen molar-refractivity contribution in [1.29, 1.82) is 0 Å². The summed E-state index contributed by atoms with van der Waals surface area (Å²) in [5.41, 5.74) is 0.967. The van der Waals surface area contributed by atoms with Crippen molar-refractivity contribution in [2.24, 2.45) is 11.3 Å². The summed E-state index contributed by atoms with van der Waals surface area (Å²) in [6.07, 6.45) is 1.04. The standard InChI is InChI=1S/C31H32N4O5/c1-40-26-12-6-5-10-23(26)15-31(28(37)32-30(39)35(29(31)38)17-21-8-3-2-4-9-21)20-33-16-22-14-24(19-33)25-11-7-13-27(36)34(25)18-22/h2-13,22,24H,14-20H2,1H3,(H,32,37,39)/t22-,24+,31+/m1/s1. The Hall–Kier alpha value is -4.24. The fourth-order valence-corrected chi connectivity index (χ4v) is 6.67. The summed E-state index contributed by atoms with van der Waals surface area (Å²) in [6, 6.07) is 21.3. The number of urea groups is 1. The molecule has 0 saturated carbocycles. The van der Waals surface area contributed by atoms with E-state index in [2.05, 4.69) is 10.2 Å². The van der Waals surface area contributed by atoms with E-state index in [-0.39, 0.29) is 36.9 Å². The average Bonchev–Trinajstić information content (AvgIpc) is 2.95. The second-order valence-corrected chi connectivity index (χ2v) is 11.1. The highest BCUT2D eigenvalue weighted by atomic mass is 16.5. The summed E-state index contributed by atoms with van der Waals surface area (Å²) >= 11 is 0. The molecule has 9 heteroatoms. The Bertz CT molecular complexity index is 1520. The topological polar surface area (TPSA) is 101 Å². The Morgan fingerprint density at radius 2 is 1.68 bits per heavy atom. The van der Waals surface area contributed by atoms with Gasteiger partial charge in [-0.05, 0) is 35.6 Å². The van der Waals surface area contributed by atoms with E-state index < -0.39 is 23.3 Å². The van der Waals surface area contributed by atoms with E-state index in [1.807, 2.05) is 59.2 Å². The van der Waals surface area contributed by atoms with Crippen LogP contribution in [0.1, 0.15) is 29.2 Å². The van der Waals surface area contributed by atoms with Gasteiger partial charge in [-0.2, -0.15) is 0 Å². The van der Waals surface area contributed by atoms with Crippen LogP contribution in [0, 0.1) is 11.3 Å². The van der Waals surface area contributed by atoms with Crippen molar-refractivity contribution in [3.8, 4) is 5.75 Å². The number of piperidine rings is 1. The number of imide groups is 2. The minimum Gasteiger partial charge on any atom is -0.496 e. The van der Waals surface area contributed by atoms with Crippen molar-refractivity contribution in [2.45, 2.75) is 31.8 Å². The molecule has 0 unspecified atom stereocenters. The monoisotopic (exact) mass is 540 g/mol. The van der Waals surface area contributed by atoms with E-state index in [1.54, 1.807) is 25.3 Å². The lowest BCUT2D eigenvalue weighted by atomic mass is 9.75. The molecule has 206 valence electrons. The van der Waals surface area contributed by atoms with Gasteiger partial charge in [0.1, 0.15) is 11.2 Å². The molecule has 40 heavy (non-hydrogen) atoms. The molecule has 2 fully saturated rings. The maximum absolute atomic E-state index is 14.4. The van der Waals surface area contributed by atoms with Gasteiger partial charge in [-0.25, -0.2) is 4.79 Å². The van der Waals surface area contributed by atoms with Gasteiger partial charge in [0.2, 0.25) is 11.8 Å². The van der Waals surface area contributed by atoms with Crippen molar-refractivity contribution in [2.75, 3.05) is 26.7 Å². The number of hydrogen-bond donors (Lipinski definition) is 1.